The normalized spacial score (nSPS) is 9.94. The van der Waals surface area contributed by atoms with Crippen LogP contribution in [0, 0.1) is 0 Å². The number of benzene rings is 1. The van der Waals surface area contributed by atoms with Crippen molar-refractivity contribution < 1.29 is 4.79 Å². The van der Waals surface area contributed by atoms with E-state index in [1.807, 2.05) is 31.2 Å². The van der Waals surface area contributed by atoms with E-state index >= 15 is 0 Å². The molecule has 0 saturated heterocycles. The average Bonchev–Trinajstić information content (AvgIpc) is 2.27. The molecule has 4 heteroatoms. The Balaban J connectivity index is 2.78. The molecule has 0 spiro atoms. The number of amides is 2. The molecule has 0 unspecified atom stereocenters. The molecule has 0 aromatic heterocycles. The maximum Gasteiger partial charge on any atom is 0.319 e. The lowest BCUT2D eigenvalue weighted by Crippen LogP contribution is -2.38. The van der Waals surface area contributed by atoms with Crippen molar-refractivity contribution in [3.63, 3.8) is 0 Å². The number of carbonyl (C=O) groups excluding carboxylic acids is 1. The Morgan fingerprint density at radius 2 is 1.94 bits per heavy atom. The van der Waals surface area contributed by atoms with Crippen LogP contribution < -0.4 is 5.73 Å². The van der Waals surface area contributed by atoms with E-state index < -0.39 is 0 Å². The van der Waals surface area contributed by atoms with Gasteiger partial charge in [0.2, 0.25) is 0 Å². The van der Waals surface area contributed by atoms with Crippen LogP contribution in [0.5, 0.6) is 0 Å². The minimum Gasteiger partial charge on any atom is -0.398 e. The van der Waals surface area contributed by atoms with Crippen LogP contribution in [0.15, 0.2) is 24.3 Å². The SMILES string of the molecule is CCN(Cc1ccccc1N)C(=O)N(C)C. The number of carbonyl (C=O) groups is 1. The molecule has 1 aromatic carbocycles. The zero-order valence-electron chi connectivity index (χ0n) is 10.1. The Bertz CT molecular complexity index is 363. The van der Waals surface area contributed by atoms with Gasteiger partial charge in [-0.3, -0.25) is 0 Å². The summed E-state index contributed by atoms with van der Waals surface area (Å²) in [6.45, 7) is 3.19. The van der Waals surface area contributed by atoms with E-state index in [2.05, 4.69) is 0 Å². The number of urea groups is 1. The first-order valence-corrected chi connectivity index (χ1v) is 5.35. The first-order valence-electron chi connectivity index (χ1n) is 5.35. The van der Waals surface area contributed by atoms with Crippen LogP contribution in [0.1, 0.15) is 12.5 Å². The van der Waals surface area contributed by atoms with Gasteiger partial charge in [0.05, 0.1) is 0 Å². The van der Waals surface area contributed by atoms with Gasteiger partial charge in [-0.15, -0.1) is 0 Å². The summed E-state index contributed by atoms with van der Waals surface area (Å²) < 4.78 is 0. The molecule has 4 nitrogen and oxygen atoms in total. The summed E-state index contributed by atoms with van der Waals surface area (Å²) in [5.41, 5.74) is 7.56. The predicted octanol–water partition coefficient (Wildman–Crippen LogP) is 1.77. The second-order valence-corrected chi connectivity index (χ2v) is 3.89. The molecule has 0 fully saturated rings. The number of rotatable bonds is 3. The summed E-state index contributed by atoms with van der Waals surface area (Å²) in [4.78, 5) is 15.1. The number of hydrogen-bond donors (Lipinski definition) is 1. The highest BCUT2D eigenvalue weighted by atomic mass is 16.2. The monoisotopic (exact) mass is 221 g/mol. The number of nitrogen functional groups attached to an aromatic ring is 1. The van der Waals surface area contributed by atoms with Crippen LogP contribution in [0.2, 0.25) is 0 Å². The van der Waals surface area contributed by atoms with Crippen LogP contribution in [0.4, 0.5) is 10.5 Å². The molecule has 0 atom stereocenters. The minimum absolute atomic E-state index is 0.00533. The molecule has 0 aliphatic rings. The second-order valence-electron chi connectivity index (χ2n) is 3.89. The molecule has 0 saturated carbocycles. The highest BCUT2D eigenvalue weighted by Gasteiger charge is 2.14. The summed E-state index contributed by atoms with van der Waals surface area (Å²) in [5.74, 6) is 0. The van der Waals surface area contributed by atoms with E-state index in [-0.39, 0.29) is 6.03 Å². The van der Waals surface area contributed by atoms with Crippen molar-refractivity contribution in [2.45, 2.75) is 13.5 Å². The van der Waals surface area contributed by atoms with E-state index in [1.165, 1.54) is 0 Å². The first kappa shape index (κ1) is 12.4. The highest BCUT2D eigenvalue weighted by molar-refractivity contribution is 5.74. The highest BCUT2D eigenvalue weighted by Crippen LogP contribution is 2.13. The fraction of sp³-hybridized carbons (Fsp3) is 0.417. The molecule has 2 amide bonds. The first-order chi connectivity index (χ1) is 7.56. The third-order valence-electron chi connectivity index (χ3n) is 2.45. The lowest BCUT2D eigenvalue weighted by Gasteiger charge is -2.25. The number of hydrogen-bond acceptors (Lipinski definition) is 2. The van der Waals surface area contributed by atoms with E-state index in [1.54, 1.807) is 23.9 Å². The Labute approximate surface area is 96.6 Å². The van der Waals surface area contributed by atoms with Gasteiger partial charge < -0.3 is 15.5 Å². The molecule has 1 rings (SSSR count). The number of anilines is 1. The number of para-hydroxylation sites is 1. The van der Waals surface area contributed by atoms with Crippen LogP contribution >= 0.6 is 0 Å². The third-order valence-corrected chi connectivity index (χ3v) is 2.45. The molecule has 16 heavy (non-hydrogen) atoms. The predicted molar refractivity (Wildman–Crippen MR) is 66.0 cm³/mol. The van der Waals surface area contributed by atoms with Crippen molar-refractivity contribution in [3.05, 3.63) is 29.8 Å². The van der Waals surface area contributed by atoms with Gasteiger partial charge >= 0.3 is 6.03 Å². The van der Waals surface area contributed by atoms with Crippen molar-refractivity contribution in [3.8, 4) is 0 Å². The van der Waals surface area contributed by atoms with E-state index in [4.69, 9.17) is 5.73 Å². The average molecular weight is 221 g/mol. The molecule has 0 aliphatic heterocycles. The summed E-state index contributed by atoms with van der Waals surface area (Å²) in [6, 6.07) is 7.62. The van der Waals surface area contributed by atoms with E-state index in [0.717, 1.165) is 11.3 Å². The van der Waals surface area contributed by atoms with Crippen LogP contribution in [0.3, 0.4) is 0 Å². The molecule has 2 N–H and O–H groups in total. The lowest BCUT2D eigenvalue weighted by atomic mass is 10.1. The second kappa shape index (κ2) is 5.39. The van der Waals surface area contributed by atoms with Crippen LogP contribution in [-0.4, -0.2) is 36.5 Å². The molecular weight excluding hydrogens is 202 g/mol. The molecule has 0 aliphatic carbocycles. The van der Waals surface area contributed by atoms with Crippen molar-refractivity contribution >= 4 is 11.7 Å². The Morgan fingerprint density at radius 3 is 2.44 bits per heavy atom. The van der Waals surface area contributed by atoms with Gasteiger partial charge in [-0.1, -0.05) is 18.2 Å². The van der Waals surface area contributed by atoms with Gasteiger partial charge in [0.1, 0.15) is 0 Å². The maximum absolute atomic E-state index is 11.8. The third kappa shape index (κ3) is 2.89. The smallest absolute Gasteiger partial charge is 0.319 e. The summed E-state index contributed by atoms with van der Waals surface area (Å²) in [5, 5.41) is 0. The number of nitrogens with zero attached hydrogens (tertiary/aromatic N) is 2. The van der Waals surface area contributed by atoms with Crippen molar-refractivity contribution in [2.75, 3.05) is 26.4 Å². The largest absolute Gasteiger partial charge is 0.398 e. The van der Waals surface area contributed by atoms with Crippen LogP contribution in [0.25, 0.3) is 0 Å². The molecular formula is C12H19N3O. The summed E-state index contributed by atoms with van der Waals surface area (Å²) in [7, 11) is 3.50. The fourth-order valence-electron chi connectivity index (χ4n) is 1.48. The Kier molecular flexibility index (Phi) is 4.17. The van der Waals surface area contributed by atoms with Gasteiger partial charge in [0.25, 0.3) is 0 Å². The maximum atomic E-state index is 11.8. The summed E-state index contributed by atoms with van der Waals surface area (Å²) >= 11 is 0. The zero-order chi connectivity index (χ0) is 12.1. The molecule has 88 valence electrons. The summed E-state index contributed by atoms with van der Waals surface area (Å²) in [6.07, 6.45) is 0. The molecule has 0 radical (unpaired) electrons. The molecule has 0 bridgehead atoms. The zero-order valence-corrected chi connectivity index (χ0v) is 10.1. The molecule has 1 aromatic rings. The minimum atomic E-state index is 0.00533. The van der Waals surface area contributed by atoms with Crippen molar-refractivity contribution in [1.82, 2.24) is 9.80 Å². The molecule has 0 heterocycles. The van der Waals surface area contributed by atoms with Crippen molar-refractivity contribution in [1.29, 1.82) is 0 Å². The quantitative estimate of drug-likeness (QED) is 0.791. The van der Waals surface area contributed by atoms with Gasteiger partial charge in [0.15, 0.2) is 0 Å². The fourth-order valence-corrected chi connectivity index (χ4v) is 1.48. The van der Waals surface area contributed by atoms with Gasteiger partial charge in [-0.05, 0) is 18.6 Å². The number of nitrogens with two attached hydrogens (primary N) is 1. The topological polar surface area (TPSA) is 49.6 Å². The van der Waals surface area contributed by atoms with E-state index in [0.29, 0.717) is 13.1 Å². The Hall–Kier alpha value is -1.71. The van der Waals surface area contributed by atoms with Gasteiger partial charge in [-0.25, -0.2) is 4.79 Å². The van der Waals surface area contributed by atoms with Gasteiger partial charge in [-0.2, -0.15) is 0 Å². The Morgan fingerprint density at radius 1 is 1.31 bits per heavy atom. The van der Waals surface area contributed by atoms with Crippen LogP contribution in [-0.2, 0) is 6.54 Å². The standard InChI is InChI=1S/C12H19N3O/c1-4-15(12(16)14(2)3)9-10-7-5-6-8-11(10)13/h5-8H,4,9,13H2,1-3H3. The van der Waals surface area contributed by atoms with E-state index in [9.17, 15) is 4.79 Å². The lowest BCUT2D eigenvalue weighted by molar-refractivity contribution is 0.171. The van der Waals surface area contributed by atoms with Gasteiger partial charge in [0, 0.05) is 32.9 Å². The van der Waals surface area contributed by atoms with Crippen molar-refractivity contribution in [2.24, 2.45) is 0 Å².